The van der Waals surface area contributed by atoms with E-state index < -0.39 is 0 Å². The normalized spacial score (nSPS) is 20.9. The Morgan fingerprint density at radius 2 is 1.93 bits per heavy atom. The van der Waals surface area contributed by atoms with Crippen molar-refractivity contribution >= 4 is 5.91 Å². The van der Waals surface area contributed by atoms with E-state index in [-0.39, 0.29) is 11.6 Å². The molecular formula is C21H26FN3O2. The van der Waals surface area contributed by atoms with E-state index in [4.69, 9.17) is 4.52 Å². The fraction of sp³-hybridized carbons (Fsp3) is 0.571. The van der Waals surface area contributed by atoms with Crippen LogP contribution in [0.3, 0.4) is 0 Å². The topological polar surface area (TPSA) is 59.2 Å². The van der Waals surface area contributed by atoms with Crippen LogP contribution in [0, 0.1) is 17.7 Å². The zero-order chi connectivity index (χ0) is 18.6. The van der Waals surface area contributed by atoms with Crippen LogP contribution in [0.1, 0.15) is 50.8 Å². The molecule has 27 heavy (non-hydrogen) atoms. The van der Waals surface area contributed by atoms with Crippen molar-refractivity contribution in [1.29, 1.82) is 0 Å². The van der Waals surface area contributed by atoms with E-state index in [2.05, 4.69) is 10.1 Å². The summed E-state index contributed by atoms with van der Waals surface area (Å²) in [7, 11) is 0. The Balaban J connectivity index is 1.35. The van der Waals surface area contributed by atoms with Gasteiger partial charge in [-0.05, 0) is 49.7 Å². The number of halogens is 1. The van der Waals surface area contributed by atoms with E-state index >= 15 is 0 Å². The Morgan fingerprint density at radius 1 is 1.15 bits per heavy atom. The molecule has 0 spiro atoms. The first kappa shape index (κ1) is 18.1. The van der Waals surface area contributed by atoms with Gasteiger partial charge in [0.15, 0.2) is 0 Å². The van der Waals surface area contributed by atoms with E-state index in [0.717, 1.165) is 25.9 Å². The van der Waals surface area contributed by atoms with Crippen molar-refractivity contribution in [3.8, 4) is 11.4 Å². The first-order chi connectivity index (χ1) is 13.2. The number of aromatic nitrogens is 2. The molecule has 144 valence electrons. The van der Waals surface area contributed by atoms with Crippen molar-refractivity contribution < 1.29 is 13.7 Å². The lowest BCUT2D eigenvalue weighted by atomic mass is 9.93. The second kappa shape index (κ2) is 8.19. The molecule has 5 nitrogen and oxygen atoms in total. The van der Waals surface area contributed by atoms with Gasteiger partial charge in [-0.2, -0.15) is 4.98 Å². The zero-order valence-corrected chi connectivity index (χ0v) is 15.6. The Kier molecular flexibility index (Phi) is 5.50. The smallest absolute Gasteiger partial charge is 0.227 e. The van der Waals surface area contributed by atoms with Crippen molar-refractivity contribution in [2.45, 2.75) is 51.4 Å². The monoisotopic (exact) mass is 371 g/mol. The third-order valence-electron chi connectivity index (χ3n) is 5.86. The number of amides is 1. The molecule has 1 amide bonds. The van der Waals surface area contributed by atoms with Gasteiger partial charge in [0, 0.05) is 25.9 Å². The Labute approximate surface area is 158 Å². The fourth-order valence-electron chi connectivity index (χ4n) is 4.39. The van der Waals surface area contributed by atoms with Gasteiger partial charge in [0.25, 0.3) is 0 Å². The highest BCUT2D eigenvalue weighted by atomic mass is 19.1. The van der Waals surface area contributed by atoms with Gasteiger partial charge in [-0.3, -0.25) is 4.79 Å². The van der Waals surface area contributed by atoms with E-state index in [1.54, 1.807) is 18.2 Å². The summed E-state index contributed by atoms with van der Waals surface area (Å²) >= 11 is 0. The highest BCUT2D eigenvalue weighted by Crippen LogP contribution is 2.29. The van der Waals surface area contributed by atoms with Crippen LogP contribution in [0.2, 0.25) is 0 Å². The lowest BCUT2D eigenvalue weighted by Crippen LogP contribution is -2.41. The van der Waals surface area contributed by atoms with E-state index in [0.29, 0.717) is 42.0 Å². The van der Waals surface area contributed by atoms with Crippen molar-refractivity contribution in [3.05, 3.63) is 36.0 Å². The number of rotatable bonds is 5. The molecular weight excluding hydrogens is 345 g/mol. The summed E-state index contributed by atoms with van der Waals surface area (Å²) in [5, 5.41) is 3.93. The maximum absolute atomic E-state index is 13.9. The number of likely N-dealkylation sites (tertiary alicyclic amines) is 1. The lowest BCUT2D eigenvalue weighted by molar-refractivity contribution is -0.134. The SMILES string of the molecule is O=C(CC1CCCC1)N1CCCC(Cc2nc(-c3ccccc3F)no2)C1. The number of carbonyl (C=O) groups is 1. The molecule has 1 atom stereocenters. The number of benzene rings is 1. The molecule has 0 radical (unpaired) electrons. The molecule has 1 saturated heterocycles. The maximum Gasteiger partial charge on any atom is 0.227 e. The summed E-state index contributed by atoms with van der Waals surface area (Å²) in [6.45, 7) is 1.61. The number of piperidine rings is 1. The van der Waals surface area contributed by atoms with E-state index in [9.17, 15) is 9.18 Å². The summed E-state index contributed by atoms with van der Waals surface area (Å²) in [4.78, 5) is 19.0. The van der Waals surface area contributed by atoms with Crippen molar-refractivity contribution in [1.82, 2.24) is 15.0 Å². The van der Waals surface area contributed by atoms with E-state index in [1.165, 1.54) is 31.7 Å². The minimum atomic E-state index is -0.355. The quantitative estimate of drug-likeness (QED) is 0.789. The molecule has 2 aliphatic rings. The summed E-state index contributed by atoms with van der Waals surface area (Å²) in [5.41, 5.74) is 0.351. The summed E-state index contributed by atoms with van der Waals surface area (Å²) in [6, 6.07) is 6.43. The van der Waals surface area contributed by atoms with Crippen LogP contribution in [0.5, 0.6) is 0 Å². The first-order valence-electron chi connectivity index (χ1n) is 10.0. The number of hydrogen-bond acceptors (Lipinski definition) is 4. The lowest BCUT2D eigenvalue weighted by Gasteiger charge is -2.33. The molecule has 4 rings (SSSR count). The van der Waals surface area contributed by atoms with Crippen LogP contribution < -0.4 is 0 Å². The summed E-state index contributed by atoms with van der Waals surface area (Å²) < 4.78 is 19.2. The van der Waals surface area contributed by atoms with Crippen LogP contribution in [0.4, 0.5) is 4.39 Å². The second-order valence-electron chi connectivity index (χ2n) is 7.90. The standard InChI is InChI=1S/C21H26FN3O2/c22-18-10-4-3-9-17(18)21-23-19(27-24-21)12-16-8-5-11-25(14-16)20(26)13-15-6-1-2-7-15/h3-4,9-10,15-16H,1-2,5-8,11-14H2. The predicted molar refractivity (Wildman–Crippen MR) is 99.3 cm³/mol. The molecule has 2 fully saturated rings. The van der Waals surface area contributed by atoms with Gasteiger partial charge < -0.3 is 9.42 Å². The zero-order valence-electron chi connectivity index (χ0n) is 15.6. The van der Waals surface area contributed by atoms with Crippen molar-refractivity contribution in [2.75, 3.05) is 13.1 Å². The van der Waals surface area contributed by atoms with Gasteiger partial charge in [-0.25, -0.2) is 4.39 Å². The Morgan fingerprint density at radius 3 is 2.74 bits per heavy atom. The molecule has 1 aromatic heterocycles. The third-order valence-corrected chi connectivity index (χ3v) is 5.86. The number of hydrogen-bond donors (Lipinski definition) is 0. The molecule has 2 heterocycles. The number of carbonyl (C=O) groups excluding carboxylic acids is 1. The average molecular weight is 371 g/mol. The van der Waals surface area contributed by atoms with Gasteiger partial charge in [0.1, 0.15) is 5.82 Å². The molecule has 2 aromatic rings. The van der Waals surface area contributed by atoms with Gasteiger partial charge >= 0.3 is 0 Å². The van der Waals surface area contributed by atoms with Gasteiger partial charge in [-0.15, -0.1) is 0 Å². The predicted octanol–water partition coefficient (Wildman–Crippen LogP) is 4.24. The van der Waals surface area contributed by atoms with Crippen LogP contribution in [0.15, 0.2) is 28.8 Å². The first-order valence-corrected chi connectivity index (χ1v) is 10.0. The van der Waals surface area contributed by atoms with Gasteiger partial charge in [-0.1, -0.05) is 30.1 Å². The van der Waals surface area contributed by atoms with Crippen LogP contribution in [-0.2, 0) is 11.2 Å². The highest BCUT2D eigenvalue weighted by Gasteiger charge is 2.28. The molecule has 6 heteroatoms. The van der Waals surface area contributed by atoms with Crippen LogP contribution in [0.25, 0.3) is 11.4 Å². The van der Waals surface area contributed by atoms with E-state index in [1.807, 2.05) is 4.90 Å². The molecule has 1 aromatic carbocycles. The Bertz CT molecular complexity index is 785. The van der Waals surface area contributed by atoms with Crippen molar-refractivity contribution in [3.63, 3.8) is 0 Å². The average Bonchev–Trinajstić information content (AvgIpc) is 3.34. The molecule has 0 N–H and O–H groups in total. The summed E-state index contributed by atoms with van der Waals surface area (Å²) in [6.07, 6.45) is 8.32. The third kappa shape index (κ3) is 4.37. The maximum atomic E-state index is 13.9. The molecule has 1 unspecified atom stereocenters. The number of nitrogens with zero attached hydrogens (tertiary/aromatic N) is 3. The molecule has 1 saturated carbocycles. The summed E-state index contributed by atoms with van der Waals surface area (Å²) in [5.74, 6) is 1.64. The molecule has 1 aliphatic carbocycles. The highest BCUT2D eigenvalue weighted by molar-refractivity contribution is 5.76. The van der Waals surface area contributed by atoms with Crippen molar-refractivity contribution in [2.24, 2.45) is 11.8 Å². The molecule has 1 aliphatic heterocycles. The molecule has 0 bridgehead atoms. The largest absolute Gasteiger partial charge is 0.342 e. The van der Waals surface area contributed by atoms with Crippen LogP contribution in [-0.4, -0.2) is 34.0 Å². The van der Waals surface area contributed by atoms with Crippen LogP contribution >= 0.6 is 0 Å². The Hall–Kier alpha value is -2.24. The minimum absolute atomic E-state index is 0.285. The second-order valence-corrected chi connectivity index (χ2v) is 7.90. The van der Waals surface area contributed by atoms with Gasteiger partial charge in [0.2, 0.25) is 17.6 Å². The van der Waals surface area contributed by atoms with Gasteiger partial charge in [0.05, 0.1) is 5.56 Å². The minimum Gasteiger partial charge on any atom is -0.342 e. The fourth-order valence-corrected chi connectivity index (χ4v) is 4.39.